The molecule has 0 radical (unpaired) electrons. The fourth-order valence-electron chi connectivity index (χ4n) is 1.83. The molecule has 3 nitrogen and oxygen atoms in total. The van der Waals surface area contributed by atoms with Gasteiger partial charge in [0, 0.05) is 18.3 Å². The lowest BCUT2D eigenvalue weighted by Gasteiger charge is -2.22. The summed E-state index contributed by atoms with van der Waals surface area (Å²) in [6.07, 6.45) is 1.97. The van der Waals surface area contributed by atoms with Crippen molar-refractivity contribution in [3.63, 3.8) is 0 Å². The monoisotopic (exact) mass is 221 g/mol. The summed E-state index contributed by atoms with van der Waals surface area (Å²) in [5.41, 5.74) is 1.24. The number of hydrogen-bond donors (Lipinski definition) is 1. The zero-order valence-corrected chi connectivity index (χ0v) is 8.69. The molecule has 1 aliphatic heterocycles. The van der Waals surface area contributed by atoms with Crippen LogP contribution in [0.4, 0.5) is 9.18 Å². The summed E-state index contributed by atoms with van der Waals surface area (Å²) < 4.78 is 13.5. The minimum absolute atomic E-state index is 0.305. The normalized spacial score (nSPS) is 15.8. The van der Waals surface area contributed by atoms with Crippen LogP contribution in [0.3, 0.4) is 0 Å². The van der Waals surface area contributed by atoms with Crippen molar-refractivity contribution < 1.29 is 14.3 Å². The Hall–Kier alpha value is -1.84. The average molecular weight is 221 g/mol. The van der Waals surface area contributed by atoms with Crippen molar-refractivity contribution in [3.05, 3.63) is 41.8 Å². The third kappa shape index (κ3) is 2.05. The maximum atomic E-state index is 13.5. The van der Waals surface area contributed by atoms with E-state index in [-0.39, 0.29) is 5.82 Å². The van der Waals surface area contributed by atoms with Gasteiger partial charge in [0.2, 0.25) is 0 Å². The van der Waals surface area contributed by atoms with Gasteiger partial charge >= 0.3 is 6.09 Å². The van der Waals surface area contributed by atoms with Gasteiger partial charge < -0.3 is 5.11 Å². The smallest absolute Gasteiger partial charge is 0.411 e. The van der Waals surface area contributed by atoms with Gasteiger partial charge in [0.25, 0.3) is 0 Å². The largest absolute Gasteiger partial charge is 0.465 e. The van der Waals surface area contributed by atoms with Crippen LogP contribution in [0.1, 0.15) is 18.4 Å². The Balaban J connectivity index is 2.34. The molecule has 1 aliphatic rings. The number of benzene rings is 1. The van der Waals surface area contributed by atoms with Crippen LogP contribution < -0.4 is 0 Å². The number of nitrogens with zero attached hydrogens (tertiary/aromatic N) is 1. The second-order valence-electron chi connectivity index (χ2n) is 3.71. The summed E-state index contributed by atoms with van der Waals surface area (Å²) in [7, 11) is 0. The molecule has 16 heavy (non-hydrogen) atoms. The molecule has 0 spiro atoms. The average Bonchev–Trinajstić information content (AvgIpc) is 2.30. The molecule has 1 aromatic carbocycles. The van der Waals surface area contributed by atoms with E-state index in [4.69, 9.17) is 5.11 Å². The molecule has 2 rings (SSSR count). The molecule has 4 heteroatoms. The van der Waals surface area contributed by atoms with E-state index >= 15 is 0 Å². The van der Waals surface area contributed by atoms with Gasteiger partial charge in [-0.1, -0.05) is 18.2 Å². The standard InChI is InChI=1S/C12H12FNO2/c13-11-6-2-1-5-10(11)9-4-3-7-14(8-9)12(15)16/h1-2,5-6,8H,3-4,7H2,(H,15,16). The Labute approximate surface area is 92.8 Å². The van der Waals surface area contributed by atoms with Gasteiger partial charge in [0.05, 0.1) is 0 Å². The van der Waals surface area contributed by atoms with Crippen LogP contribution in [0.15, 0.2) is 30.5 Å². The third-order valence-corrected chi connectivity index (χ3v) is 2.62. The molecule has 1 N–H and O–H groups in total. The van der Waals surface area contributed by atoms with E-state index in [2.05, 4.69) is 0 Å². The fourth-order valence-corrected chi connectivity index (χ4v) is 1.83. The zero-order chi connectivity index (χ0) is 11.5. The number of amides is 1. The highest BCUT2D eigenvalue weighted by Crippen LogP contribution is 2.26. The highest BCUT2D eigenvalue weighted by atomic mass is 19.1. The quantitative estimate of drug-likeness (QED) is 0.792. The molecule has 0 unspecified atom stereocenters. The first-order chi connectivity index (χ1) is 7.68. The predicted molar refractivity (Wildman–Crippen MR) is 58.3 cm³/mol. The summed E-state index contributed by atoms with van der Waals surface area (Å²) in [5, 5.41) is 8.86. The SMILES string of the molecule is O=C(O)N1C=C(c2ccccc2F)CCC1. The van der Waals surface area contributed by atoms with Gasteiger partial charge in [-0.2, -0.15) is 0 Å². The van der Waals surface area contributed by atoms with Crippen LogP contribution in [0.5, 0.6) is 0 Å². The van der Waals surface area contributed by atoms with E-state index in [9.17, 15) is 9.18 Å². The zero-order valence-electron chi connectivity index (χ0n) is 8.69. The first kappa shape index (κ1) is 10.7. The van der Waals surface area contributed by atoms with Gasteiger partial charge in [0.1, 0.15) is 5.82 Å². The molecular weight excluding hydrogens is 209 g/mol. The Bertz CT molecular complexity index is 442. The van der Waals surface area contributed by atoms with Gasteiger partial charge in [-0.15, -0.1) is 0 Å². The van der Waals surface area contributed by atoms with Crippen molar-refractivity contribution in [2.75, 3.05) is 6.54 Å². The van der Waals surface area contributed by atoms with Crippen LogP contribution in [0.25, 0.3) is 5.57 Å². The lowest BCUT2D eigenvalue weighted by molar-refractivity contribution is 0.161. The topological polar surface area (TPSA) is 40.5 Å². The van der Waals surface area contributed by atoms with Crippen LogP contribution >= 0.6 is 0 Å². The Kier molecular flexibility index (Phi) is 2.90. The van der Waals surface area contributed by atoms with Gasteiger partial charge in [-0.3, -0.25) is 4.90 Å². The second-order valence-corrected chi connectivity index (χ2v) is 3.71. The van der Waals surface area contributed by atoms with E-state index < -0.39 is 6.09 Å². The van der Waals surface area contributed by atoms with Crippen LogP contribution in [-0.2, 0) is 0 Å². The van der Waals surface area contributed by atoms with Crippen molar-refractivity contribution in [2.24, 2.45) is 0 Å². The maximum absolute atomic E-state index is 13.5. The van der Waals surface area contributed by atoms with E-state index in [0.717, 1.165) is 12.0 Å². The molecule has 0 bridgehead atoms. The first-order valence-corrected chi connectivity index (χ1v) is 5.13. The summed E-state index contributed by atoms with van der Waals surface area (Å²) in [6, 6.07) is 6.43. The van der Waals surface area contributed by atoms with Crippen molar-refractivity contribution in [1.29, 1.82) is 0 Å². The second kappa shape index (κ2) is 4.35. The number of carbonyl (C=O) groups is 1. The Morgan fingerprint density at radius 2 is 2.12 bits per heavy atom. The Morgan fingerprint density at radius 1 is 1.38 bits per heavy atom. The van der Waals surface area contributed by atoms with Gasteiger partial charge in [-0.25, -0.2) is 9.18 Å². The molecule has 0 atom stereocenters. The lowest BCUT2D eigenvalue weighted by Crippen LogP contribution is -2.27. The van der Waals surface area contributed by atoms with Crippen LogP contribution in [0.2, 0.25) is 0 Å². The molecule has 1 amide bonds. The summed E-state index contributed by atoms with van der Waals surface area (Å²) >= 11 is 0. The number of allylic oxidation sites excluding steroid dienone is 1. The molecule has 0 saturated carbocycles. The molecule has 0 aromatic heterocycles. The van der Waals surface area contributed by atoms with Crippen molar-refractivity contribution in [3.8, 4) is 0 Å². The summed E-state index contributed by atoms with van der Waals surface area (Å²) in [5.74, 6) is -0.305. The van der Waals surface area contributed by atoms with Gasteiger partial charge in [0.15, 0.2) is 0 Å². The first-order valence-electron chi connectivity index (χ1n) is 5.13. The number of halogens is 1. The van der Waals surface area contributed by atoms with Crippen LogP contribution in [-0.4, -0.2) is 22.6 Å². The maximum Gasteiger partial charge on any atom is 0.411 e. The number of carboxylic acid groups (broad SMARTS) is 1. The molecule has 1 heterocycles. The molecule has 84 valence electrons. The predicted octanol–water partition coefficient (Wildman–Crippen LogP) is 2.94. The van der Waals surface area contributed by atoms with Crippen LogP contribution in [0, 0.1) is 5.82 Å². The van der Waals surface area contributed by atoms with E-state index in [1.165, 1.54) is 17.2 Å². The highest BCUT2D eigenvalue weighted by molar-refractivity contribution is 5.73. The summed E-state index contributed by atoms with van der Waals surface area (Å²) in [4.78, 5) is 12.0. The minimum Gasteiger partial charge on any atom is -0.465 e. The summed E-state index contributed by atoms with van der Waals surface area (Å²) in [6.45, 7) is 0.479. The van der Waals surface area contributed by atoms with Crippen molar-refractivity contribution >= 4 is 11.7 Å². The van der Waals surface area contributed by atoms with E-state index in [1.54, 1.807) is 18.2 Å². The lowest BCUT2D eigenvalue weighted by atomic mass is 9.99. The van der Waals surface area contributed by atoms with Crippen molar-refractivity contribution in [2.45, 2.75) is 12.8 Å². The fraction of sp³-hybridized carbons (Fsp3) is 0.250. The molecule has 0 fully saturated rings. The van der Waals surface area contributed by atoms with E-state index in [1.807, 2.05) is 0 Å². The van der Waals surface area contributed by atoms with E-state index in [0.29, 0.717) is 18.5 Å². The Morgan fingerprint density at radius 3 is 2.81 bits per heavy atom. The molecule has 1 aromatic rings. The number of hydrogen-bond acceptors (Lipinski definition) is 1. The molecule has 0 saturated heterocycles. The molecule has 0 aliphatic carbocycles. The molecular formula is C12H12FNO2. The number of rotatable bonds is 1. The third-order valence-electron chi connectivity index (χ3n) is 2.62. The minimum atomic E-state index is -0.992. The van der Waals surface area contributed by atoms with Gasteiger partial charge in [-0.05, 0) is 24.5 Å². The van der Waals surface area contributed by atoms with Crippen molar-refractivity contribution in [1.82, 2.24) is 4.90 Å². The highest BCUT2D eigenvalue weighted by Gasteiger charge is 2.17.